The van der Waals surface area contributed by atoms with Crippen molar-refractivity contribution in [3.05, 3.63) is 83.8 Å². The Labute approximate surface area is 177 Å². The zero-order valence-corrected chi connectivity index (χ0v) is 17.6. The minimum atomic E-state index is -0.106. The number of furan rings is 1. The molecule has 156 valence electrons. The first-order valence-electron chi connectivity index (χ1n) is 10.4. The number of rotatable bonds is 6. The third kappa shape index (κ3) is 4.57. The molecule has 1 amide bonds. The predicted octanol–water partition coefficient (Wildman–Crippen LogP) is 4.91. The van der Waals surface area contributed by atoms with Crippen molar-refractivity contribution in [1.29, 1.82) is 0 Å². The topological polar surface area (TPSA) is 45.9 Å². The summed E-state index contributed by atoms with van der Waals surface area (Å²) in [6.45, 7) is 4.97. The van der Waals surface area contributed by atoms with Gasteiger partial charge in [-0.05, 0) is 49.6 Å². The first-order chi connectivity index (χ1) is 14.6. The lowest BCUT2D eigenvalue weighted by Crippen LogP contribution is -2.47. The highest BCUT2D eigenvalue weighted by Crippen LogP contribution is 2.29. The Bertz CT molecular complexity index is 976. The lowest BCUT2D eigenvalue weighted by atomic mass is 10.0. The van der Waals surface area contributed by atoms with E-state index in [4.69, 9.17) is 9.15 Å². The molecule has 2 heterocycles. The zero-order valence-electron chi connectivity index (χ0n) is 17.6. The molecule has 0 radical (unpaired) electrons. The van der Waals surface area contributed by atoms with E-state index in [1.54, 1.807) is 25.5 Å². The van der Waals surface area contributed by atoms with Crippen molar-refractivity contribution in [3.8, 4) is 5.75 Å². The highest BCUT2D eigenvalue weighted by Gasteiger charge is 2.31. The van der Waals surface area contributed by atoms with Crippen LogP contribution in [0, 0.1) is 6.92 Å². The van der Waals surface area contributed by atoms with E-state index in [0.717, 1.165) is 43.9 Å². The SMILES string of the molecule is COc1cccc(N(C(=O)c2ccco2)C2CCN(Cc3cccc(C)c3)CC2)c1. The number of carbonyl (C=O) groups excluding carboxylic acids is 1. The molecule has 0 spiro atoms. The summed E-state index contributed by atoms with van der Waals surface area (Å²) >= 11 is 0. The summed E-state index contributed by atoms with van der Waals surface area (Å²) in [6.07, 6.45) is 3.37. The second-order valence-corrected chi connectivity index (χ2v) is 7.85. The van der Waals surface area contributed by atoms with Crippen molar-refractivity contribution in [2.75, 3.05) is 25.1 Å². The lowest BCUT2D eigenvalue weighted by molar-refractivity contribution is 0.0931. The standard InChI is InChI=1S/C25H28N2O3/c1-19-6-3-7-20(16-19)18-26-13-11-21(12-14-26)27(25(28)24-10-5-15-30-24)22-8-4-9-23(17-22)29-2/h3-10,15-17,21H,11-14,18H2,1-2H3. The summed E-state index contributed by atoms with van der Waals surface area (Å²) < 4.78 is 10.8. The molecule has 4 rings (SSSR count). The fourth-order valence-corrected chi connectivity index (χ4v) is 4.18. The third-order valence-corrected chi connectivity index (χ3v) is 5.69. The monoisotopic (exact) mass is 404 g/mol. The van der Waals surface area contributed by atoms with Crippen molar-refractivity contribution in [2.45, 2.75) is 32.4 Å². The van der Waals surface area contributed by atoms with Crippen LogP contribution in [-0.4, -0.2) is 37.0 Å². The minimum Gasteiger partial charge on any atom is -0.497 e. The maximum Gasteiger partial charge on any atom is 0.294 e. The highest BCUT2D eigenvalue weighted by atomic mass is 16.5. The number of hydrogen-bond acceptors (Lipinski definition) is 4. The Morgan fingerprint density at radius 1 is 1.10 bits per heavy atom. The molecular formula is C25H28N2O3. The van der Waals surface area contributed by atoms with Gasteiger partial charge in [0.05, 0.1) is 13.4 Å². The van der Waals surface area contributed by atoms with Crippen LogP contribution in [0.25, 0.3) is 0 Å². The maximum atomic E-state index is 13.3. The van der Waals surface area contributed by atoms with E-state index in [9.17, 15) is 4.79 Å². The fourth-order valence-electron chi connectivity index (χ4n) is 4.18. The van der Waals surface area contributed by atoms with Crippen molar-refractivity contribution >= 4 is 11.6 Å². The Kier molecular flexibility index (Phi) is 6.19. The molecule has 0 N–H and O–H groups in total. The number of amides is 1. The second-order valence-electron chi connectivity index (χ2n) is 7.85. The van der Waals surface area contributed by atoms with Gasteiger partial charge in [-0.1, -0.05) is 35.9 Å². The lowest BCUT2D eigenvalue weighted by Gasteiger charge is -2.38. The second kappa shape index (κ2) is 9.18. The summed E-state index contributed by atoms with van der Waals surface area (Å²) in [6, 6.07) is 19.9. The fraction of sp³-hybridized carbons (Fsp3) is 0.320. The van der Waals surface area contributed by atoms with Crippen LogP contribution in [0.3, 0.4) is 0 Å². The van der Waals surface area contributed by atoms with Gasteiger partial charge < -0.3 is 14.1 Å². The van der Waals surface area contributed by atoms with Gasteiger partial charge in [0.2, 0.25) is 0 Å². The van der Waals surface area contributed by atoms with Crippen molar-refractivity contribution in [3.63, 3.8) is 0 Å². The molecule has 1 aliphatic rings. The molecule has 1 aliphatic heterocycles. The van der Waals surface area contributed by atoms with Crippen LogP contribution in [0.15, 0.2) is 71.3 Å². The maximum absolute atomic E-state index is 13.3. The Morgan fingerprint density at radius 3 is 2.60 bits per heavy atom. The number of carbonyl (C=O) groups is 1. The van der Waals surface area contributed by atoms with E-state index in [2.05, 4.69) is 36.1 Å². The normalized spacial score (nSPS) is 15.1. The zero-order chi connectivity index (χ0) is 20.9. The van der Waals surface area contributed by atoms with Gasteiger partial charge in [-0.2, -0.15) is 0 Å². The van der Waals surface area contributed by atoms with Crippen LogP contribution in [0.2, 0.25) is 0 Å². The smallest absolute Gasteiger partial charge is 0.294 e. The minimum absolute atomic E-state index is 0.106. The van der Waals surface area contributed by atoms with E-state index in [1.807, 2.05) is 29.2 Å². The summed E-state index contributed by atoms with van der Waals surface area (Å²) in [5, 5.41) is 0. The van der Waals surface area contributed by atoms with Gasteiger partial charge in [0.15, 0.2) is 5.76 Å². The number of methoxy groups -OCH3 is 1. The van der Waals surface area contributed by atoms with Gasteiger partial charge in [0.1, 0.15) is 5.75 Å². The first-order valence-corrected chi connectivity index (χ1v) is 10.4. The van der Waals surface area contributed by atoms with Crippen LogP contribution < -0.4 is 9.64 Å². The predicted molar refractivity (Wildman–Crippen MR) is 118 cm³/mol. The van der Waals surface area contributed by atoms with E-state index >= 15 is 0 Å². The number of aryl methyl sites for hydroxylation is 1. The molecule has 0 aliphatic carbocycles. The van der Waals surface area contributed by atoms with E-state index in [1.165, 1.54) is 11.1 Å². The molecule has 30 heavy (non-hydrogen) atoms. The van der Waals surface area contributed by atoms with E-state index < -0.39 is 0 Å². The molecule has 5 nitrogen and oxygen atoms in total. The van der Waals surface area contributed by atoms with Gasteiger partial charge in [-0.15, -0.1) is 0 Å². The third-order valence-electron chi connectivity index (χ3n) is 5.69. The summed E-state index contributed by atoms with van der Waals surface area (Å²) in [5.41, 5.74) is 3.47. The van der Waals surface area contributed by atoms with E-state index in [-0.39, 0.29) is 11.9 Å². The van der Waals surface area contributed by atoms with Crippen LogP contribution in [0.4, 0.5) is 5.69 Å². The Morgan fingerprint density at radius 2 is 1.90 bits per heavy atom. The van der Waals surface area contributed by atoms with E-state index in [0.29, 0.717) is 5.76 Å². The van der Waals surface area contributed by atoms with Crippen molar-refractivity contribution in [1.82, 2.24) is 4.90 Å². The first kappa shape index (κ1) is 20.2. The van der Waals surface area contributed by atoms with Gasteiger partial charge in [-0.25, -0.2) is 0 Å². The average Bonchev–Trinajstić information content (AvgIpc) is 3.30. The molecule has 1 fully saturated rings. The van der Waals surface area contributed by atoms with Gasteiger partial charge >= 0.3 is 0 Å². The molecule has 0 saturated carbocycles. The number of ether oxygens (including phenoxy) is 1. The number of piperidine rings is 1. The number of likely N-dealkylation sites (tertiary alicyclic amines) is 1. The molecule has 1 aromatic heterocycles. The summed E-state index contributed by atoms with van der Waals surface area (Å²) in [7, 11) is 1.64. The number of benzene rings is 2. The van der Waals surface area contributed by atoms with Crippen LogP contribution >= 0.6 is 0 Å². The Balaban J connectivity index is 1.51. The molecular weight excluding hydrogens is 376 g/mol. The largest absolute Gasteiger partial charge is 0.497 e. The Hall–Kier alpha value is -3.05. The van der Waals surface area contributed by atoms with Crippen LogP contribution in [-0.2, 0) is 6.54 Å². The quantitative estimate of drug-likeness (QED) is 0.586. The number of hydrogen-bond donors (Lipinski definition) is 0. The molecule has 0 unspecified atom stereocenters. The van der Waals surface area contributed by atoms with Gasteiger partial charge in [0.25, 0.3) is 5.91 Å². The average molecular weight is 405 g/mol. The molecule has 3 aromatic rings. The van der Waals surface area contributed by atoms with Gasteiger partial charge in [0, 0.05) is 37.4 Å². The highest BCUT2D eigenvalue weighted by molar-refractivity contribution is 6.04. The molecule has 5 heteroatoms. The van der Waals surface area contributed by atoms with Crippen LogP contribution in [0.1, 0.15) is 34.5 Å². The number of nitrogens with zero attached hydrogens (tertiary/aromatic N) is 2. The summed E-state index contributed by atoms with van der Waals surface area (Å²) in [5.74, 6) is 0.993. The number of anilines is 1. The van der Waals surface area contributed by atoms with Crippen LogP contribution in [0.5, 0.6) is 5.75 Å². The molecule has 1 saturated heterocycles. The van der Waals surface area contributed by atoms with Crippen molar-refractivity contribution < 1.29 is 13.9 Å². The summed E-state index contributed by atoms with van der Waals surface area (Å²) in [4.78, 5) is 17.6. The molecule has 0 bridgehead atoms. The van der Waals surface area contributed by atoms with Gasteiger partial charge in [-0.3, -0.25) is 9.69 Å². The molecule has 2 aromatic carbocycles. The molecule has 0 atom stereocenters. The van der Waals surface area contributed by atoms with Crippen molar-refractivity contribution in [2.24, 2.45) is 0 Å².